The van der Waals surface area contributed by atoms with E-state index in [0.29, 0.717) is 0 Å². The molecule has 6 rings (SSSR count). The van der Waals surface area contributed by atoms with Gasteiger partial charge in [0.15, 0.2) is 0 Å². The number of rotatable bonds is 0. The van der Waals surface area contributed by atoms with Gasteiger partial charge >= 0.3 is 0 Å². The molecule has 0 unspecified atom stereocenters. The minimum Gasteiger partial charge on any atom is -0.0813 e. The van der Waals surface area contributed by atoms with Crippen LogP contribution in [0.5, 0.6) is 0 Å². The SMILES string of the molecule is C1=C2C[C@H]1C1CC2C1. The Morgan fingerprint density at radius 1 is 1.38 bits per heavy atom. The highest BCUT2D eigenvalue weighted by Gasteiger charge is 2.47. The van der Waals surface area contributed by atoms with Gasteiger partial charge in [-0.15, -0.1) is 0 Å². The summed E-state index contributed by atoms with van der Waals surface area (Å²) in [5.41, 5.74) is 1.80. The van der Waals surface area contributed by atoms with Gasteiger partial charge in [-0.1, -0.05) is 11.6 Å². The van der Waals surface area contributed by atoms with Crippen LogP contribution in [0.2, 0.25) is 0 Å². The minimum absolute atomic E-state index is 1.05. The Hall–Kier alpha value is -0.260. The van der Waals surface area contributed by atoms with Gasteiger partial charge in [0.1, 0.15) is 0 Å². The number of hydrogen-bond acceptors (Lipinski definition) is 0. The first-order valence-corrected chi connectivity index (χ1v) is 3.64. The molecule has 0 heterocycles. The third kappa shape index (κ3) is 0.229. The zero-order valence-corrected chi connectivity index (χ0v) is 4.93. The molecular formula is C8H10. The van der Waals surface area contributed by atoms with Crippen LogP contribution in [-0.4, -0.2) is 0 Å². The van der Waals surface area contributed by atoms with Crippen molar-refractivity contribution in [2.75, 3.05) is 0 Å². The Morgan fingerprint density at radius 2 is 2.12 bits per heavy atom. The Morgan fingerprint density at radius 3 is 2.25 bits per heavy atom. The van der Waals surface area contributed by atoms with Crippen LogP contribution in [0, 0.1) is 17.8 Å². The molecule has 6 aliphatic carbocycles. The summed E-state index contributed by atoms with van der Waals surface area (Å²) in [5, 5.41) is 0. The van der Waals surface area contributed by atoms with Crippen LogP contribution in [0.3, 0.4) is 0 Å². The molecule has 0 nitrogen and oxygen atoms in total. The Labute approximate surface area is 49.6 Å². The van der Waals surface area contributed by atoms with E-state index >= 15 is 0 Å². The largest absolute Gasteiger partial charge is 0.0813 e. The Balaban J connectivity index is 2.13. The van der Waals surface area contributed by atoms with Gasteiger partial charge < -0.3 is 0 Å². The molecule has 0 N–H and O–H groups in total. The summed E-state index contributed by atoms with van der Waals surface area (Å²) >= 11 is 0. The normalized spacial score (nSPS) is 56.0. The lowest BCUT2D eigenvalue weighted by Gasteiger charge is -2.54. The van der Waals surface area contributed by atoms with Crippen LogP contribution in [0.4, 0.5) is 0 Å². The predicted octanol–water partition coefficient (Wildman–Crippen LogP) is 1.97. The summed E-state index contributed by atoms with van der Waals surface area (Å²) in [5.74, 6) is 3.26. The lowest BCUT2D eigenvalue weighted by molar-refractivity contribution is 0.0945. The molecule has 3 saturated carbocycles. The van der Waals surface area contributed by atoms with E-state index < -0.39 is 0 Å². The zero-order valence-electron chi connectivity index (χ0n) is 4.93. The van der Waals surface area contributed by atoms with Gasteiger partial charge in [-0.05, 0) is 37.0 Å². The fourth-order valence-electron chi connectivity index (χ4n) is 2.43. The molecule has 0 aromatic carbocycles. The average Bonchev–Trinajstić information content (AvgIpc) is 1.60. The van der Waals surface area contributed by atoms with Crippen LogP contribution in [-0.2, 0) is 0 Å². The maximum Gasteiger partial charge on any atom is -0.0165 e. The summed E-state index contributed by atoms with van der Waals surface area (Å²) in [7, 11) is 0. The zero-order chi connectivity index (χ0) is 5.14. The first kappa shape index (κ1) is 3.71. The minimum atomic E-state index is 1.05. The molecule has 6 aliphatic rings. The van der Waals surface area contributed by atoms with Crippen LogP contribution >= 0.6 is 0 Å². The van der Waals surface area contributed by atoms with Crippen molar-refractivity contribution < 1.29 is 0 Å². The quantitative estimate of drug-likeness (QED) is 0.414. The third-order valence-corrected chi connectivity index (χ3v) is 3.20. The van der Waals surface area contributed by atoms with E-state index in [9.17, 15) is 0 Å². The van der Waals surface area contributed by atoms with Gasteiger partial charge in [0.25, 0.3) is 0 Å². The van der Waals surface area contributed by atoms with E-state index in [-0.39, 0.29) is 0 Å². The fourth-order valence-corrected chi connectivity index (χ4v) is 2.43. The van der Waals surface area contributed by atoms with Crippen molar-refractivity contribution in [1.82, 2.24) is 0 Å². The molecule has 0 aliphatic heterocycles. The second kappa shape index (κ2) is 0.896. The lowest BCUT2D eigenvalue weighted by Crippen LogP contribution is -2.43. The molecule has 4 bridgehead atoms. The monoisotopic (exact) mass is 106 g/mol. The van der Waals surface area contributed by atoms with Crippen molar-refractivity contribution in [3.63, 3.8) is 0 Å². The van der Waals surface area contributed by atoms with E-state index in [1.54, 1.807) is 18.4 Å². The molecule has 0 amide bonds. The van der Waals surface area contributed by atoms with E-state index in [1.807, 2.05) is 0 Å². The highest BCUT2D eigenvalue weighted by Crippen LogP contribution is 2.58. The van der Waals surface area contributed by atoms with Crippen molar-refractivity contribution in [2.45, 2.75) is 19.3 Å². The van der Waals surface area contributed by atoms with Crippen molar-refractivity contribution in [3.8, 4) is 0 Å². The van der Waals surface area contributed by atoms with Crippen molar-refractivity contribution in [1.29, 1.82) is 0 Å². The van der Waals surface area contributed by atoms with Gasteiger partial charge in [-0.3, -0.25) is 0 Å². The van der Waals surface area contributed by atoms with Gasteiger partial charge in [0.2, 0.25) is 0 Å². The number of allylic oxidation sites excluding steroid dienone is 2. The lowest BCUT2D eigenvalue weighted by atomic mass is 9.51. The van der Waals surface area contributed by atoms with E-state index in [1.165, 1.54) is 6.42 Å². The Bertz CT molecular complexity index is 161. The van der Waals surface area contributed by atoms with E-state index in [2.05, 4.69) is 6.08 Å². The van der Waals surface area contributed by atoms with Gasteiger partial charge in [-0.25, -0.2) is 0 Å². The van der Waals surface area contributed by atoms with Gasteiger partial charge in [0.05, 0.1) is 0 Å². The highest BCUT2D eigenvalue weighted by atomic mass is 14.5. The molecule has 0 heteroatoms. The maximum absolute atomic E-state index is 2.52. The molecule has 0 saturated heterocycles. The summed E-state index contributed by atoms with van der Waals surface area (Å²) in [4.78, 5) is 0. The topological polar surface area (TPSA) is 0 Å². The molecule has 42 valence electrons. The van der Waals surface area contributed by atoms with Crippen molar-refractivity contribution in [3.05, 3.63) is 11.6 Å². The maximum atomic E-state index is 2.52. The third-order valence-electron chi connectivity index (χ3n) is 3.20. The van der Waals surface area contributed by atoms with Crippen molar-refractivity contribution in [2.24, 2.45) is 17.8 Å². The molecule has 8 heavy (non-hydrogen) atoms. The van der Waals surface area contributed by atoms with Crippen LogP contribution in [0.25, 0.3) is 0 Å². The molecule has 0 aromatic rings. The van der Waals surface area contributed by atoms with Crippen LogP contribution in [0.1, 0.15) is 19.3 Å². The smallest absolute Gasteiger partial charge is 0.0165 e. The standard InChI is InChI=1S/C8H10/c1-5-2-6(1)8-3-7(5)4-8/h1,5,7-8H,2-4H2/t5-,7?,8?/m0/s1. The fraction of sp³-hybridized carbons (Fsp3) is 0.750. The predicted molar refractivity (Wildman–Crippen MR) is 32.4 cm³/mol. The van der Waals surface area contributed by atoms with Gasteiger partial charge in [0, 0.05) is 0 Å². The summed E-state index contributed by atoms with van der Waals surface area (Å²) in [6.45, 7) is 0. The van der Waals surface area contributed by atoms with E-state index in [0.717, 1.165) is 17.8 Å². The molecule has 0 aromatic heterocycles. The van der Waals surface area contributed by atoms with Crippen LogP contribution in [0.15, 0.2) is 11.6 Å². The first-order chi connectivity index (χ1) is 3.93. The number of hydrogen-bond donors (Lipinski definition) is 0. The molecular weight excluding hydrogens is 96.1 g/mol. The molecule has 1 atom stereocenters. The van der Waals surface area contributed by atoms with Gasteiger partial charge in [-0.2, -0.15) is 0 Å². The highest BCUT2D eigenvalue weighted by molar-refractivity contribution is 5.30. The first-order valence-electron chi connectivity index (χ1n) is 3.64. The van der Waals surface area contributed by atoms with Crippen LogP contribution < -0.4 is 0 Å². The molecule has 0 radical (unpaired) electrons. The molecule has 3 fully saturated rings. The summed E-state index contributed by atoms with van der Waals surface area (Å²) in [6, 6.07) is 0. The summed E-state index contributed by atoms with van der Waals surface area (Å²) < 4.78 is 0. The van der Waals surface area contributed by atoms with E-state index in [4.69, 9.17) is 0 Å². The molecule has 0 spiro atoms. The summed E-state index contributed by atoms with van der Waals surface area (Å²) in [6.07, 6.45) is 7.10. The average molecular weight is 106 g/mol. The Kier molecular flexibility index (Phi) is 0.415. The van der Waals surface area contributed by atoms with Crippen molar-refractivity contribution >= 4 is 0 Å². The second-order valence-corrected chi connectivity index (χ2v) is 3.54. The second-order valence-electron chi connectivity index (χ2n) is 3.54.